The van der Waals surface area contributed by atoms with Gasteiger partial charge in [0.2, 0.25) is 0 Å². The quantitative estimate of drug-likeness (QED) is 0.563. The number of aliphatic hydroxyl groups excluding tert-OH is 3. The standard InChI is InChI=1S/C15H29NO5/c1-6-8(2)10(17)14-13(20)12(19)11(18)9(21-14)7-16-15(3,4)5/h8-9,11-14,16,18-20H,6-7H2,1-5H3. The van der Waals surface area contributed by atoms with E-state index in [1.165, 1.54) is 0 Å². The molecule has 1 heterocycles. The topological polar surface area (TPSA) is 99.0 Å². The van der Waals surface area contributed by atoms with Gasteiger partial charge in [-0.05, 0) is 27.2 Å². The summed E-state index contributed by atoms with van der Waals surface area (Å²) in [5.41, 5.74) is -0.180. The minimum Gasteiger partial charge on any atom is -0.388 e. The normalized spacial score (nSPS) is 35.5. The van der Waals surface area contributed by atoms with Gasteiger partial charge >= 0.3 is 0 Å². The molecule has 1 aliphatic rings. The smallest absolute Gasteiger partial charge is 0.167 e. The van der Waals surface area contributed by atoms with Gasteiger partial charge in [0.25, 0.3) is 0 Å². The van der Waals surface area contributed by atoms with Crippen LogP contribution in [0.5, 0.6) is 0 Å². The Hall–Kier alpha value is -0.530. The zero-order valence-corrected chi connectivity index (χ0v) is 13.5. The average molecular weight is 303 g/mol. The summed E-state index contributed by atoms with van der Waals surface area (Å²) < 4.78 is 5.59. The van der Waals surface area contributed by atoms with Crippen LogP contribution in [0, 0.1) is 5.92 Å². The van der Waals surface area contributed by atoms with Crippen LogP contribution < -0.4 is 5.32 Å². The van der Waals surface area contributed by atoms with Crippen LogP contribution in [0.3, 0.4) is 0 Å². The van der Waals surface area contributed by atoms with Gasteiger partial charge < -0.3 is 25.4 Å². The van der Waals surface area contributed by atoms with Crippen LogP contribution in [0.1, 0.15) is 41.0 Å². The van der Waals surface area contributed by atoms with Gasteiger partial charge in [-0.3, -0.25) is 4.79 Å². The highest BCUT2D eigenvalue weighted by molar-refractivity contribution is 5.86. The second-order valence-corrected chi connectivity index (χ2v) is 6.91. The number of aliphatic hydroxyl groups is 3. The molecule has 0 spiro atoms. The molecule has 124 valence electrons. The summed E-state index contributed by atoms with van der Waals surface area (Å²) in [6, 6.07) is 0. The largest absolute Gasteiger partial charge is 0.388 e. The number of ketones is 1. The van der Waals surface area contributed by atoms with Crippen molar-refractivity contribution in [3.8, 4) is 0 Å². The Morgan fingerprint density at radius 3 is 2.24 bits per heavy atom. The molecule has 1 saturated heterocycles. The van der Waals surface area contributed by atoms with Gasteiger partial charge in [-0.25, -0.2) is 0 Å². The molecule has 0 aromatic heterocycles. The van der Waals surface area contributed by atoms with Crippen LogP contribution in [0.4, 0.5) is 0 Å². The molecule has 6 nitrogen and oxygen atoms in total. The lowest BCUT2D eigenvalue weighted by molar-refractivity contribution is -0.220. The second-order valence-electron chi connectivity index (χ2n) is 6.91. The van der Waals surface area contributed by atoms with Crippen molar-refractivity contribution in [2.75, 3.05) is 6.54 Å². The Morgan fingerprint density at radius 1 is 1.19 bits per heavy atom. The Bertz CT molecular complexity index is 354. The number of hydrogen-bond donors (Lipinski definition) is 4. The molecule has 0 bridgehead atoms. The molecular weight excluding hydrogens is 274 g/mol. The van der Waals surface area contributed by atoms with Crippen molar-refractivity contribution in [1.82, 2.24) is 5.32 Å². The van der Waals surface area contributed by atoms with Gasteiger partial charge in [-0.1, -0.05) is 13.8 Å². The van der Waals surface area contributed by atoms with E-state index in [1.54, 1.807) is 6.92 Å². The van der Waals surface area contributed by atoms with Crippen molar-refractivity contribution >= 4 is 5.78 Å². The van der Waals surface area contributed by atoms with Crippen LogP contribution in [0.15, 0.2) is 0 Å². The second kappa shape index (κ2) is 7.15. The molecule has 0 saturated carbocycles. The molecule has 6 atom stereocenters. The zero-order chi connectivity index (χ0) is 16.4. The molecule has 0 aromatic carbocycles. The van der Waals surface area contributed by atoms with E-state index < -0.39 is 30.5 Å². The molecule has 4 N–H and O–H groups in total. The first kappa shape index (κ1) is 18.5. The number of carbonyl (C=O) groups excluding carboxylic acids is 1. The van der Waals surface area contributed by atoms with E-state index in [9.17, 15) is 20.1 Å². The zero-order valence-electron chi connectivity index (χ0n) is 13.5. The summed E-state index contributed by atoms with van der Waals surface area (Å²) in [7, 11) is 0. The molecule has 0 radical (unpaired) electrons. The van der Waals surface area contributed by atoms with E-state index >= 15 is 0 Å². The molecule has 1 rings (SSSR count). The SMILES string of the molecule is CCC(C)C(=O)C1OC(CNC(C)(C)C)C(O)C(O)C1O. The van der Waals surface area contributed by atoms with Crippen molar-refractivity contribution in [2.45, 2.75) is 77.1 Å². The lowest BCUT2D eigenvalue weighted by atomic mass is 9.88. The van der Waals surface area contributed by atoms with Crippen LogP contribution in [0.2, 0.25) is 0 Å². The van der Waals surface area contributed by atoms with Gasteiger partial charge in [0.05, 0.1) is 6.10 Å². The average Bonchev–Trinajstić information content (AvgIpc) is 2.41. The van der Waals surface area contributed by atoms with Crippen molar-refractivity contribution < 1.29 is 24.9 Å². The van der Waals surface area contributed by atoms with Crippen molar-refractivity contribution in [3.05, 3.63) is 0 Å². The minimum atomic E-state index is -1.40. The highest BCUT2D eigenvalue weighted by Crippen LogP contribution is 2.24. The summed E-state index contributed by atoms with van der Waals surface area (Å²) in [4.78, 5) is 12.2. The van der Waals surface area contributed by atoms with Crippen molar-refractivity contribution in [3.63, 3.8) is 0 Å². The van der Waals surface area contributed by atoms with E-state index in [4.69, 9.17) is 4.74 Å². The number of nitrogens with one attached hydrogen (secondary N) is 1. The molecule has 0 aliphatic carbocycles. The van der Waals surface area contributed by atoms with Crippen LogP contribution in [0.25, 0.3) is 0 Å². The van der Waals surface area contributed by atoms with E-state index in [0.717, 1.165) is 0 Å². The summed E-state index contributed by atoms with van der Waals surface area (Å²) in [6.45, 7) is 9.83. The maximum atomic E-state index is 12.2. The fourth-order valence-corrected chi connectivity index (χ4v) is 2.24. The fraction of sp³-hybridized carbons (Fsp3) is 0.933. The molecule has 1 fully saturated rings. The highest BCUT2D eigenvalue weighted by atomic mass is 16.5. The van der Waals surface area contributed by atoms with Crippen LogP contribution in [-0.2, 0) is 9.53 Å². The molecule has 6 heteroatoms. The third-order valence-electron chi connectivity index (χ3n) is 3.92. The third-order valence-corrected chi connectivity index (χ3v) is 3.92. The monoisotopic (exact) mass is 303 g/mol. The summed E-state index contributed by atoms with van der Waals surface area (Å²) in [6.07, 6.45) is -5.20. The first-order chi connectivity index (χ1) is 9.58. The number of Topliss-reactive ketones (excluding diaryl/α,β-unsaturated/α-hetero) is 1. The molecule has 0 aromatic rings. The van der Waals surface area contributed by atoms with Crippen molar-refractivity contribution in [2.24, 2.45) is 5.92 Å². The lowest BCUT2D eigenvalue weighted by Gasteiger charge is -2.41. The molecular formula is C15H29NO5. The maximum absolute atomic E-state index is 12.2. The Labute approximate surface area is 126 Å². The minimum absolute atomic E-state index is 0.180. The number of rotatable bonds is 5. The van der Waals surface area contributed by atoms with E-state index in [1.807, 2.05) is 27.7 Å². The maximum Gasteiger partial charge on any atom is 0.167 e. The summed E-state index contributed by atoms with van der Waals surface area (Å²) in [5, 5.41) is 33.1. The van der Waals surface area contributed by atoms with Gasteiger partial charge in [-0.2, -0.15) is 0 Å². The predicted molar refractivity (Wildman–Crippen MR) is 78.9 cm³/mol. The van der Waals surface area contributed by atoms with Gasteiger partial charge in [0.1, 0.15) is 24.4 Å². The predicted octanol–water partition coefficient (Wildman–Crippen LogP) is -0.160. The Balaban J connectivity index is 2.80. The fourth-order valence-electron chi connectivity index (χ4n) is 2.24. The number of carbonyl (C=O) groups is 1. The number of ether oxygens (including phenoxy) is 1. The Kier molecular flexibility index (Phi) is 6.31. The molecule has 21 heavy (non-hydrogen) atoms. The lowest BCUT2D eigenvalue weighted by Crippen LogP contribution is -2.63. The van der Waals surface area contributed by atoms with Crippen LogP contribution in [-0.4, -0.2) is 63.7 Å². The first-order valence-electron chi connectivity index (χ1n) is 7.57. The number of hydrogen-bond acceptors (Lipinski definition) is 6. The van der Waals surface area contributed by atoms with Gasteiger partial charge in [-0.15, -0.1) is 0 Å². The Morgan fingerprint density at radius 2 is 1.76 bits per heavy atom. The third kappa shape index (κ3) is 4.72. The van der Waals surface area contributed by atoms with E-state index in [-0.39, 0.29) is 17.2 Å². The van der Waals surface area contributed by atoms with E-state index in [0.29, 0.717) is 13.0 Å². The first-order valence-corrected chi connectivity index (χ1v) is 7.57. The van der Waals surface area contributed by atoms with Crippen LogP contribution >= 0.6 is 0 Å². The summed E-state index contributed by atoms with van der Waals surface area (Å²) >= 11 is 0. The molecule has 6 unspecified atom stereocenters. The summed E-state index contributed by atoms with van der Waals surface area (Å²) in [5.74, 6) is -0.500. The van der Waals surface area contributed by atoms with Gasteiger partial charge in [0.15, 0.2) is 5.78 Å². The molecule has 1 aliphatic heterocycles. The van der Waals surface area contributed by atoms with E-state index in [2.05, 4.69) is 5.32 Å². The molecule has 0 amide bonds. The van der Waals surface area contributed by atoms with Crippen molar-refractivity contribution in [1.29, 1.82) is 0 Å². The van der Waals surface area contributed by atoms with Gasteiger partial charge in [0, 0.05) is 18.0 Å². The highest BCUT2D eigenvalue weighted by Gasteiger charge is 2.47.